The average molecular weight is 291 g/mol. The molecule has 0 aromatic carbocycles. The zero-order valence-electron chi connectivity index (χ0n) is 11.1. The van der Waals surface area contributed by atoms with Crippen LogP contribution in [-0.2, 0) is 4.79 Å². The third kappa shape index (κ3) is 2.90. The van der Waals surface area contributed by atoms with Crippen molar-refractivity contribution in [2.24, 2.45) is 0 Å². The summed E-state index contributed by atoms with van der Waals surface area (Å²) in [6.07, 6.45) is 1.22. The van der Waals surface area contributed by atoms with E-state index in [9.17, 15) is 19.5 Å². The highest BCUT2D eigenvalue weighted by Gasteiger charge is 2.26. The summed E-state index contributed by atoms with van der Waals surface area (Å²) in [5.41, 5.74) is -0.553. The topological polar surface area (TPSA) is 121 Å². The number of aromatic nitrogens is 2. The van der Waals surface area contributed by atoms with Crippen molar-refractivity contribution in [2.75, 3.05) is 0 Å². The summed E-state index contributed by atoms with van der Waals surface area (Å²) in [6, 6.07) is 3.38. The predicted molar refractivity (Wildman–Crippen MR) is 72.0 cm³/mol. The van der Waals surface area contributed by atoms with Crippen LogP contribution in [0.5, 0.6) is 0 Å². The molecule has 0 spiro atoms. The van der Waals surface area contributed by atoms with E-state index in [1.807, 2.05) is 0 Å². The number of amides is 1. The van der Waals surface area contributed by atoms with E-state index in [4.69, 9.17) is 5.11 Å². The van der Waals surface area contributed by atoms with Crippen molar-refractivity contribution in [2.45, 2.75) is 19.1 Å². The van der Waals surface area contributed by atoms with Gasteiger partial charge in [0.2, 0.25) is 0 Å². The number of hydrogen-bond acceptors (Lipinski definition) is 5. The van der Waals surface area contributed by atoms with Crippen molar-refractivity contribution in [3.63, 3.8) is 0 Å². The fourth-order valence-electron chi connectivity index (χ4n) is 1.79. The number of nitrogens with one attached hydrogen (secondary N) is 1. The van der Waals surface area contributed by atoms with E-state index in [1.165, 1.54) is 17.5 Å². The zero-order chi connectivity index (χ0) is 15.6. The maximum Gasteiger partial charge on any atom is 0.328 e. The number of aliphatic hydroxyl groups excluding tert-OH is 1. The Labute approximate surface area is 118 Å². The quantitative estimate of drug-likeness (QED) is 0.682. The van der Waals surface area contributed by atoms with Crippen molar-refractivity contribution < 1.29 is 19.8 Å². The molecule has 2 aromatic heterocycles. The summed E-state index contributed by atoms with van der Waals surface area (Å²) in [7, 11) is 0. The summed E-state index contributed by atoms with van der Waals surface area (Å²) in [6.45, 7) is 1.23. The van der Waals surface area contributed by atoms with Crippen LogP contribution < -0.4 is 10.9 Å². The van der Waals surface area contributed by atoms with Gasteiger partial charge in [-0.15, -0.1) is 0 Å². The lowest BCUT2D eigenvalue weighted by Crippen LogP contribution is -2.48. The lowest BCUT2D eigenvalue weighted by atomic mass is 10.1. The van der Waals surface area contributed by atoms with Gasteiger partial charge in [0, 0.05) is 12.4 Å². The van der Waals surface area contributed by atoms with Crippen LogP contribution >= 0.6 is 0 Å². The van der Waals surface area contributed by atoms with Gasteiger partial charge in [-0.25, -0.2) is 9.78 Å². The lowest BCUT2D eigenvalue weighted by molar-refractivity contribution is -0.141. The van der Waals surface area contributed by atoms with E-state index in [2.05, 4.69) is 10.3 Å². The van der Waals surface area contributed by atoms with E-state index < -0.39 is 29.6 Å². The SMILES string of the molecule is C[C@@H](O)[C@H](NC(=O)c1cnc2ccccn2c1=O)C(=O)O. The molecule has 2 aromatic rings. The number of nitrogens with zero attached hydrogens (tertiary/aromatic N) is 2. The minimum Gasteiger partial charge on any atom is -0.480 e. The molecule has 0 radical (unpaired) electrons. The Morgan fingerprint density at radius 1 is 1.38 bits per heavy atom. The molecule has 2 rings (SSSR count). The molecule has 2 heterocycles. The Hall–Kier alpha value is -2.74. The minimum absolute atomic E-state index is 0.300. The predicted octanol–water partition coefficient (Wildman–Crippen LogP) is -0.742. The van der Waals surface area contributed by atoms with Crippen LogP contribution in [-0.4, -0.2) is 43.6 Å². The van der Waals surface area contributed by atoms with Gasteiger partial charge < -0.3 is 15.5 Å². The molecular weight excluding hydrogens is 278 g/mol. The third-order valence-corrected chi connectivity index (χ3v) is 2.89. The molecule has 0 bridgehead atoms. The smallest absolute Gasteiger partial charge is 0.328 e. The fraction of sp³-hybridized carbons (Fsp3) is 0.231. The molecule has 8 heteroatoms. The highest BCUT2D eigenvalue weighted by atomic mass is 16.4. The normalized spacial score (nSPS) is 13.6. The van der Waals surface area contributed by atoms with Crippen LogP contribution in [0.1, 0.15) is 17.3 Å². The van der Waals surface area contributed by atoms with Crippen molar-refractivity contribution in [3.05, 3.63) is 46.5 Å². The molecule has 21 heavy (non-hydrogen) atoms. The van der Waals surface area contributed by atoms with Gasteiger partial charge in [-0.2, -0.15) is 0 Å². The van der Waals surface area contributed by atoms with Gasteiger partial charge in [0.05, 0.1) is 6.10 Å². The second-order valence-electron chi connectivity index (χ2n) is 4.44. The van der Waals surface area contributed by atoms with E-state index in [-0.39, 0.29) is 5.56 Å². The molecule has 8 nitrogen and oxygen atoms in total. The highest BCUT2D eigenvalue weighted by Crippen LogP contribution is 2.00. The van der Waals surface area contributed by atoms with Gasteiger partial charge in [-0.1, -0.05) is 6.07 Å². The van der Waals surface area contributed by atoms with Crippen LogP contribution in [0.25, 0.3) is 5.65 Å². The number of carbonyl (C=O) groups is 2. The molecule has 1 amide bonds. The third-order valence-electron chi connectivity index (χ3n) is 2.89. The maximum atomic E-state index is 12.1. The fourth-order valence-corrected chi connectivity index (χ4v) is 1.79. The van der Waals surface area contributed by atoms with Crippen molar-refractivity contribution in [1.29, 1.82) is 0 Å². The van der Waals surface area contributed by atoms with Crippen LogP contribution in [0.3, 0.4) is 0 Å². The molecule has 3 N–H and O–H groups in total. The summed E-state index contributed by atoms with van der Waals surface area (Å²) in [4.78, 5) is 39.0. The van der Waals surface area contributed by atoms with E-state index in [1.54, 1.807) is 18.2 Å². The molecule has 0 fully saturated rings. The number of carbonyl (C=O) groups excluding carboxylic acids is 1. The molecular formula is C13H13N3O5. The largest absolute Gasteiger partial charge is 0.480 e. The first-order chi connectivity index (χ1) is 9.91. The summed E-state index contributed by atoms with van der Waals surface area (Å²) < 4.78 is 1.17. The van der Waals surface area contributed by atoms with Gasteiger partial charge in [-0.3, -0.25) is 14.0 Å². The molecule has 0 unspecified atom stereocenters. The van der Waals surface area contributed by atoms with Gasteiger partial charge in [-0.05, 0) is 19.1 Å². The second-order valence-corrected chi connectivity index (χ2v) is 4.44. The van der Waals surface area contributed by atoms with Gasteiger partial charge in [0.1, 0.15) is 11.2 Å². The van der Waals surface area contributed by atoms with Crippen molar-refractivity contribution in [1.82, 2.24) is 14.7 Å². The van der Waals surface area contributed by atoms with Crippen LogP contribution in [0.4, 0.5) is 0 Å². The number of aliphatic hydroxyl groups is 1. The molecule has 0 aliphatic carbocycles. The number of hydrogen-bond donors (Lipinski definition) is 3. The lowest BCUT2D eigenvalue weighted by Gasteiger charge is -2.16. The van der Waals surface area contributed by atoms with E-state index in [0.717, 1.165) is 6.20 Å². The van der Waals surface area contributed by atoms with E-state index in [0.29, 0.717) is 5.65 Å². The first-order valence-corrected chi connectivity index (χ1v) is 6.10. The Morgan fingerprint density at radius 2 is 2.10 bits per heavy atom. The second kappa shape index (κ2) is 5.71. The van der Waals surface area contributed by atoms with Gasteiger partial charge >= 0.3 is 5.97 Å². The standard InChI is InChI=1S/C13H13N3O5/c1-7(17)10(13(20)21)15-11(18)8-6-14-9-4-2-3-5-16(9)12(8)19/h2-7,10,17H,1H3,(H,15,18)(H,20,21)/t7-,10+/m1/s1. The Balaban J connectivity index is 2.38. The molecule has 0 aliphatic rings. The van der Waals surface area contributed by atoms with E-state index >= 15 is 0 Å². The van der Waals surface area contributed by atoms with Crippen molar-refractivity contribution in [3.8, 4) is 0 Å². The molecule has 2 atom stereocenters. The first kappa shape index (κ1) is 14.7. The number of pyridine rings is 1. The first-order valence-electron chi connectivity index (χ1n) is 6.10. The number of carboxylic acids is 1. The van der Waals surface area contributed by atoms with Gasteiger partial charge in [0.25, 0.3) is 11.5 Å². The summed E-state index contributed by atoms with van der Waals surface area (Å²) in [5, 5.41) is 20.3. The van der Waals surface area contributed by atoms with Crippen LogP contribution in [0.15, 0.2) is 35.4 Å². The average Bonchev–Trinajstić information content (AvgIpc) is 2.44. The number of aliphatic carboxylic acids is 1. The summed E-state index contributed by atoms with van der Waals surface area (Å²) in [5.74, 6) is -2.30. The van der Waals surface area contributed by atoms with Crippen LogP contribution in [0.2, 0.25) is 0 Å². The van der Waals surface area contributed by atoms with Crippen LogP contribution in [0, 0.1) is 0 Å². The Kier molecular flexibility index (Phi) is 3.99. The Morgan fingerprint density at radius 3 is 2.71 bits per heavy atom. The number of fused-ring (bicyclic) bond motifs is 1. The molecule has 0 saturated heterocycles. The molecule has 0 aliphatic heterocycles. The van der Waals surface area contributed by atoms with Crippen molar-refractivity contribution >= 4 is 17.5 Å². The number of carboxylic acid groups (broad SMARTS) is 1. The Bertz CT molecular complexity index is 753. The molecule has 110 valence electrons. The van der Waals surface area contributed by atoms with Gasteiger partial charge in [0.15, 0.2) is 6.04 Å². The summed E-state index contributed by atoms with van der Waals surface area (Å²) >= 11 is 0. The number of rotatable bonds is 4. The zero-order valence-corrected chi connectivity index (χ0v) is 11.1. The minimum atomic E-state index is -1.51. The monoisotopic (exact) mass is 291 g/mol. The maximum absolute atomic E-state index is 12.1. The highest BCUT2D eigenvalue weighted by molar-refractivity contribution is 5.96. The molecule has 0 saturated carbocycles.